The predicted octanol–water partition coefficient (Wildman–Crippen LogP) is 2.27. The van der Waals surface area contributed by atoms with E-state index in [1.807, 2.05) is 33.8 Å². The highest BCUT2D eigenvalue weighted by Gasteiger charge is 1.90. The molecule has 0 atom stereocenters. The van der Waals surface area contributed by atoms with Crippen molar-refractivity contribution >= 4 is 23.0 Å². The zero-order chi connectivity index (χ0) is 8.85. The number of thiocarbonyl (C=S) groups is 1. The van der Waals surface area contributed by atoms with E-state index in [1.54, 1.807) is 0 Å². The van der Waals surface area contributed by atoms with Crippen molar-refractivity contribution in [3.05, 3.63) is 11.8 Å². The van der Waals surface area contributed by atoms with E-state index in [4.69, 9.17) is 12.2 Å². The zero-order valence-electron chi connectivity index (χ0n) is 7.43. The molecule has 2 nitrogen and oxygen atoms in total. The minimum Gasteiger partial charge on any atom is -0.335 e. The summed E-state index contributed by atoms with van der Waals surface area (Å²) in [5.41, 5.74) is 1.99. The van der Waals surface area contributed by atoms with Crippen LogP contribution < -0.4 is 5.32 Å². The van der Waals surface area contributed by atoms with Crippen LogP contribution in [0, 0.1) is 0 Å². The van der Waals surface area contributed by atoms with Gasteiger partial charge in [-0.2, -0.15) is 0 Å². The monoisotopic (exact) mass is 170 g/mol. The second kappa shape index (κ2) is 5.02. The van der Waals surface area contributed by atoms with Crippen molar-refractivity contribution < 1.29 is 0 Å². The van der Waals surface area contributed by atoms with E-state index in [0.29, 0.717) is 5.11 Å². The van der Waals surface area contributed by atoms with Gasteiger partial charge >= 0.3 is 0 Å². The lowest BCUT2D eigenvalue weighted by Gasteiger charge is -2.02. The van der Waals surface area contributed by atoms with Crippen LogP contribution in [0.1, 0.15) is 27.7 Å². The Bertz CT molecular complexity index is 200. The number of allylic oxidation sites excluding steroid dienone is 2. The van der Waals surface area contributed by atoms with Gasteiger partial charge in [0.05, 0.1) is 0 Å². The maximum atomic E-state index is 4.93. The minimum atomic E-state index is 0.528. The standard InChI is InChI=1S/C8H14N2S/c1-5-7(4)10-8(11)9-6(2)3/h5H,1-4H3,(H,10,11)/b7-5-. The summed E-state index contributed by atoms with van der Waals surface area (Å²) in [6.45, 7) is 7.73. The molecule has 0 saturated heterocycles. The van der Waals surface area contributed by atoms with Gasteiger partial charge in [0.1, 0.15) is 0 Å². The summed E-state index contributed by atoms with van der Waals surface area (Å²) >= 11 is 4.93. The third-order valence-corrected chi connectivity index (χ3v) is 1.26. The van der Waals surface area contributed by atoms with E-state index < -0.39 is 0 Å². The lowest BCUT2D eigenvalue weighted by molar-refractivity contribution is 1.11. The van der Waals surface area contributed by atoms with E-state index in [0.717, 1.165) is 11.4 Å². The normalized spacial score (nSPS) is 10.7. The van der Waals surface area contributed by atoms with Gasteiger partial charge in [-0.3, -0.25) is 0 Å². The highest BCUT2D eigenvalue weighted by Crippen LogP contribution is 1.87. The van der Waals surface area contributed by atoms with E-state index in [2.05, 4.69) is 10.3 Å². The van der Waals surface area contributed by atoms with E-state index >= 15 is 0 Å². The summed E-state index contributed by atoms with van der Waals surface area (Å²) in [5, 5.41) is 3.49. The first kappa shape index (κ1) is 10.3. The van der Waals surface area contributed by atoms with Gasteiger partial charge in [-0.25, -0.2) is 4.99 Å². The van der Waals surface area contributed by atoms with Crippen molar-refractivity contribution in [2.75, 3.05) is 0 Å². The Hall–Kier alpha value is -0.700. The van der Waals surface area contributed by atoms with Crippen LogP contribution in [0.2, 0.25) is 0 Å². The highest BCUT2D eigenvalue weighted by atomic mass is 32.1. The zero-order valence-corrected chi connectivity index (χ0v) is 8.25. The maximum Gasteiger partial charge on any atom is 0.196 e. The van der Waals surface area contributed by atoms with E-state index in [1.165, 1.54) is 0 Å². The van der Waals surface area contributed by atoms with Crippen LogP contribution >= 0.6 is 12.2 Å². The highest BCUT2D eigenvalue weighted by molar-refractivity contribution is 7.80. The summed E-state index contributed by atoms with van der Waals surface area (Å²) in [6.07, 6.45) is 1.95. The predicted molar refractivity (Wildman–Crippen MR) is 53.9 cm³/mol. The van der Waals surface area contributed by atoms with Gasteiger partial charge in [-0.1, -0.05) is 6.08 Å². The fourth-order valence-corrected chi connectivity index (χ4v) is 0.815. The largest absolute Gasteiger partial charge is 0.335 e. The van der Waals surface area contributed by atoms with Crippen molar-refractivity contribution in [3.8, 4) is 0 Å². The first-order valence-electron chi connectivity index (χ1n) is 3.52. The SMILES string of the molecule is C/C=C(/C)NC(=S)N=C(C)C. The lowest BCUT2D eigenvalue weighted by atomic mass is 10.4. The van der Waals surface area contributed by atoms with Crippen molar-refractivity contribution in [2.24, 2.45) is 4.99 Å². The van der Waals surface area contributed by atoms with Crippen LogP contribution in [-0.4, -0.2) is 10.8 Å². The first-order chi connectivity index (χ1) is 5.06. The number of nitrogens with zero attached hydrogens (tertiary/aromatic N) is 1. The van der Waals surface area contributed by atoms with Crippen molar-refractivity contribution in [1.29, 1.82) is 0 Å². The topological polar surface area (TPSA) is 24.4 Å². The summed E-state index contributed by atoms with van der Waals surface area (Å²) < 4.78 is 0. The maximum absolute atomic E-state index is 4.93. The molecule has 0 aromatic heterocycles. The third kappa shape index (κ3) is 5.73. The second-order valence-electron chi connectivity index (χ2n) is 2.46. The van der Waals surface area contributed by atoms with E-state index in [9.17, 15) is 0 Å². The number of hydrogen-bond acceptors (Lipinski definition) is 1. The molecule has 3 heteroatoms. The van der Waals surface area contributed by atoms with Crippen LogP contribution in [0.3, 0.4) is 0 Å². The van der Waals surface area contributed by atoms with Gasteiger partial charge in [0.15, 0.2) is 5.11 Å². The molecule has 0 rings (SSSR count). The van der Waals surface area contributed by atoms with Gasteiger partial charge in [-0.05, 0) is 39.9 Å². The molecule has 0 amide bonds. The Kier molecular flexibility index (Phi) is 4.70. The molecule has 0 radical (unpaired) electrons. The van der Waals surface area contributed by atoms with Crippen LogP contribution in [-0.2, 0) is 0 Å². The van der Waals surface area contributed by atoms with Crippen molar-refractivity contribution in [3.63, 3.8) is 0 Å². The molecule has 0 bridgehead atoms. The molecule has 62 valence electrons. The van der Waals surface area contributed by atoms with Crippen LogP contribution in [0.5, 0.6) is 0 Å². The molecule has 0 aromatic rings. The fraction of sp³-hybridized carbons (Fsp3) is 0.500. The molecule has 0 heterocycles. The van der Waals surface area contributed by atoms with Crippen LogP contribution in [0.25, 0.3) is 0 Å². The lowest BCUT2D eigenvalue weighted by Crippen LogP contribution is -2.17. The average Bonchev–Trinajstić information content (AvgIpc) is 1.85. The van der Waals surface area contributed by atoms with Gasteiger partial charge < -0.3 is 5.32 Å². The third-order valence-electron chi connectivity index (χ3n) is 1.06. The minimum absolute atomic E-state index is 0.528. The molecule has 0 unspecified atom stereocenters. The van der Waals surface area contributed by atoms with Gasteiger partial charge in [-0.15, -0.1) is 0 Å². The summed E-state index contributed by atoms with van der Waals surface area (Å²) in [6, 6.07) is 0. The number of rotatable bonds is 1. The molecular formula is C8H14N2S. The van der Waals surface area contributed by atoms with Crippen molar-refractivity contribution in [1.82, 2.24) is 5.32 Å². The second-order valence-corrected chi connectivity index (χ2v) is 2.85. The smallest absolute Gasteiger partial charge is 0.196 e. The first-order valence-corrected chi connectivity index (χ1v) is 3.93. The molecule has 0 aliphatic rings. The molecule has 11 heavy (non-hydrogen) atoms. The number of aliphatic imine (C=N–C) groups is 1. The number of hydrogen-bond donors (Lipinski definition) is 1. The number of nitrogens with one attached hydrogen (secondary N) is 1. The summed E-state index contributed by atoms with van der Waals surface area (Å²) in [4.78, 5) is 4.06. The molecule has 0 aliphatic carbocycles. The quantitative estimate of drug-likeness (QED) is 0.482. The molecule has 0 fully saturated rings. The van der Waals surface area contributed by atoms with Crippen LogP contribution in [0.15, 0.2) is 16.8 Å². The molecule has 0 spiro atoms. The molecule has 0 aliphatic heterocycles. The van der Waals surface area contributed by atoms with Gasteiger partial charge in [0.25, 0.3) is 0 Å². The Balaban J connectivity index is 4.00. The van der Waals surface area contributed by atoms with Gasteiger partial charge in [0.2, 0.25) is 0 Å². The Morgan fingerprint density at radius 3 is 2.27 bits per heavy atom. The average molecular weight is 170 g/mol. The summed E-state index contributed by atoms with van der Waals surface area (Å²) in [7, 11) is 0. The molecule has 1 N–H and O–H groups in total. The molecular weight excluding hydrogens is 156 g/mol. The Morgan fingerprint density at radius 1 is 1.36 bits per heavy atom. The Labute approximate surface area is 73.4 Å². The van der Waals surface area contributed by atoms with Crippen LogP contribution in [0.4, 0.5) is 0 Å². The summed E-state index contributed by atoms with van der Waals surface area (Å²) in [5.74, 6) is 0. The molecule has 0 saturated carbocycles. The van der Waals surface area contributed by atoms with E-state index in [-0.39, 0.29) is 0 Å². The molecule has 0 aromatic carbocycles. The Morgan fingerprint density at radius 2 is 1.91 bits per heavy atom. The fourth-order valence-electron chi connectivity index (χ4n) is 0.472. The van der Waals surface area contributed by atoms with Gasteiger partial charge in [0, 0.05) is 11.4 Å². The van der Waals surface area contributed by atoms with Crippen molar-refractivity contribution in [2.45, 2.75) is 27.7 Å².